The maximum absolute atomic E-state index is 12.6. The van der Waals surface area contributed by atoms with E-state index >= 15 is 0 Å². The molecule has 1 rings (SSSR count). The van der Waals surface area contributed by atoms with Crippen LogP contribution in [0.25, 0.3) is 0 Å². The van der Waals surface area contributed by atoms with Crippen molar-refractivity contribution in [2.24, 2.45) is 0 Å². The van der Waals surface area contributed by atoms with Gasteiger partial charge in [0, 0.05) is 31.1 Å². The molecule has 0 saturated heterocycles. The Balaban J connectivity index is 2.88. The average molecular weight is 394 g/mol. The lowest BCUT2D eigenvalue weighted by Crippen LogP contribution is -2.42. The summed E-state index contributed by atoms with van der Waals surface area (Å²) in [5.74, 6) is -0.809. The van der Waals surface area contributed by atoms with E-state index in [0.29, 0.717) is 12.2 Å². The first-order chi connectivity index (χ1) is 13.0. The summed E-state index contributed by atoms with van der Waals surface area (Å²) in [6, 6.07) is 4.66. The van der Waals surface area contributed by atoms with Gasteiger partial charge in [0.05, 0.1) is 19.1 Å². The molecule has 0 fully saturated rings. The van der Waals surface area contributed by atoms with E-state index in [-0.39, 0.29) is 48.0 Å². The highest BCUT2D eigenvalue weighted by Gasteiger charge is 2.18. The number of carbonyl (C=O) groups is 3. The van der Waals surface area contributed by atoms with Crippen LogP contribution < -0.4 is 15.4 Å². The van der Waals surface area contributed by atoms with Crippen LogP contribution in [0, 0.1) is 0 Å². The molecule has 0 saturated carbocycles. The second-order valence-electron chi connectivity index (χ2n) is 7.49. The first-order valence-corrected chi connectivity index (χ1v) is 9.09. The van der Waals surface area contributed by atoms with Crippen LogP contribution in [0.3, 0.4) is 0 Å². The number of amides is 1. The molecular formula is C20H30N2O6. The van der Waals surface area contributed by atoms with Crippen LogP contribution in [0.1, 0.15) is 50.9 Å². The minimum atomic E-state index is -0.771. The number of aliphatic hydroxyl groups excluding tert-OH is 1. The summed E-state index contributed by atoms with van der Waals surface area (Å²) < 4.78 is 10.2. The summed E-state index contributed by atoms with van der Waals surface area (Å²) in [4.78, 5) is 35.1. The second-order valence-corrected chi connectivity index (χ2v) is 7.49. The van der Waals surface area contributed by atoms with Gasteiger partial charge in [-0.2, -0.15) is 0 Å². The molecule has 3 N–H and O–H groups in total. The molecule has 0 aliphatic heterocycles. The van der Waals surface area contributed by atoms with E-state index in [0.717, 1.165) is 0 Å². The molecular weight excluding hydrogens is 364 g/mol. The quantitative estimate of drug-likeness (QED) is 0.410. The van der Waals surface area contributed by atoms with E-state index in [2.05, 4.69) is 15.4 Å². The lowest BCUT2D eigenvalue weighted by molar-refractivity contribution is -0.140. The maximum Gasteiger partial charge on any atom is 0.305 e. The summed E-state index contributed by atoms with van der Waals surface area (Å²) in [5, 5.41) is 15.9. The zero-order chi connectivity index (χ0) is 21.3. The molecule has 156 valence electrons. The molecule has 1 aromatic carbocycles. The monoisotopic (exact) mass is 394 g/mol. The number of β-amino-alcohol motifs (C(OH)–C–C–N with tert-alkyl or cyclic N) is 1. The van der Waals surface area contributed by atoms with Gasteiger partial charge >= 0.3 is 5.97 Å². The summed E-state index contributed by atoms with van der Waals surface area (Å²) in [6.07, 6.45) is -0.884. The van der Waals surface area contributed by atoms with Crippen LogP contribution in [-0.4, -0.2) is 54.7 Å². The van der Waals surface area contributed by atoms with Gasteiger partial charge in [0.15, 0.2) is 5.78 Å². The van der Waals surface area contributed by atoms with Gasteiger partial charge in [-0.1, -0.05) is 0 Å². The van der Waals surface area contributed by atoms with Crippen LogP contribution in [0.5, 0.6) is 5.75 Å². The number of hydrogen-bond acceptors (Lipinski definition) is 7. The number of benzene rings is 1. The van der Waals surface area contributed by atoms with Crippen molar-refractivity contribution in [1.82, 2.24) is 5.32 Å². The smallest absolute Gasteiger partial charge is 0.305 e. The number of ketones is 1. The van der Waals surface area contributed by atoms with E-state index < -0.39 is 12.1 Å². The van der Waals surface area contributed by atoms with Gasteiger partial charge in [0.1, 0.15) is 18.5 Å². The normalized spacial score (nSPS) is 12.2. The number of anilines is 1. The molecule has 8 heteroatoms. The third-order valence-electron chi connectivity index (χ3n) is 3.68. The van der Waals surface area contributed by atoms with Gasteiger partial charge in [-0.3, -0.25) is 14.4 Å². The molecule has 1 aromatic rings. The van der Waals surface area contributed by atoms with Crippen molar-refractivity contribution in [2.75, 3.05) is 25.6 Å². The number of methoxy groups -OCH3 is 1. The van der Waals surface area contributed by atoms with Crippen LogP contribution in [0.15, 0.2) is 18.2 Å². The number of rotatable bonds is 10. The predicted octanol–water partition coefficient (Wildman–Crippen LogP) is 1.91. The average Bonchev–Trinajstić information content (AvgIpc) is 2.61. The molecule has 0 spiro atoms. The van der Waals surface area contributed by atoms with Crippen molar-refractivity contribution in [2.45, 2.75) is 52.2 Å². The Bertz CT molecular complexity index is 696. The molecule has 0 aliphatic carbocycles. The van der Waals surface area contributed by atoms with Gasteiger partial charge in [-0.15, -0.1) is 0 Å². The van der Waals surface area contributed by atoms with Crippen molar-refractivity contribution >= 4 is 23.3 Å². The summed E-state index contributed by atoms with van der Waals surface area (Å²) >= 11 is 0. The Morgan fingerprint density at radius 1 is 1.18 bits per heavy atom. The van der Waals surface area contributed by atoms with Crippen LogP contribution in [0.4, 0.5) is 5.69 Å². The molecule has 0 aliphatic rings. The van der Waals surface area contributed by atoms with Gasteiger partial charge in [0.25, 0.3) is 0 Å². The standard InChI is InChI=1S/C20H30N2O6/c1-13(23)22-14-6-8-18(28-12-15(24)11-21-20(2,3)4)16(10-14)17(25)7-9-19(26)27-5/h6,8,10,15,21,24H,7,9,11-12H2,1-5H3,(H,22,23). The minimum absolute atomic E-state index is 0.0140. The number of Topliss-reactive ketones (excluding diaryl/α,β-unsaturated/α-hetero) is 1. The highest BCUT2D eigenvalue weighted by Crippen LogP contribution is 2.25. The molecule has 1 unspecified atom stereocenters. The van der Waals surface area contributed by atoms with E-state index in [1.165, 1.54) is 20.1 Å². The highest BCUT2D eigenvalue weighted by molar-refractivity contribution is 6.01. The summed E-state index contributed by atoms with van der Waals surface area (Å²) in [5.41, 5.74) is 0.526. The second kappa shape index (κ2) is 10.8. The number of nitrogens with one attached hydrogen (secondary N) is 2. The number of carbonyl (C=O) groups excluding carboxylic acids is 3. The number of esters is 1. The minimum Gasteiger partial charge on any atom is -0.490 e. The molecule has 1 atom stereocenters. The lowest BCUT2D eigenvalue weighted by Gasteiger charge is -2.23. The largest absolute Gasteiger partial charge is 0.490 e. The fraction of sp³-hybridized carbons (Fsp3) is 0.550. The molecule has 0 bridgehead atoms. The van der Waals surface area contributed by atoms with Crippen LogP contribution in [-0.2, 0) is 14.3 Å². The van der Waals surface area contributed by atoms with Crippen molar-refractivity contribution in [3.8, 4) is 5.75 Å². The zero-order valence-corrected chi connectivity index (χ0v) is 17.1. The lowest BCUT2D eigenvalue weighted by atomic mass is 10.0. The molecule has 28 heavy (non-hydrogen) atoms. The fourth-order valence-electron chi connectivity index (χ4n) is 2.28. The molecule has 0 heterocycles. The Kier molecular flexibility index (Phi) is 9.08. The van der Waals surface area contributed by atoms with Crippen LogP contribution >= 0.6 is 0 Å². The third-order valence-corrected chi connectivity index (χ3v) is 3.68. The third kappa shape index (κ3) is 8.96. The first-order valence-electron chi connectivity index (χ1n) is 9.09. The van der Waals surface area contributed by atoms with Crippen molar-refractivity contribution in [3.63, 3.8) is 0 Å². The maximum atomic E-state index is 12.6. The van der Waals surface area contributed by atoms with E-state index in [1.807, 2.05) is 20.8 Å². The number of aliphatic hydroxyl groups is 1. The molecule has 0 radical (unpaired) electrons. The topological polar surface area (TPSA) is 114 Å². The zero-order valence-electron chi connectivity index (χ0n) is 17.1. The first kappa shape index (κ1) is 23.6. The molecule has 1 amide bonds. The Morgan fingerprint density at radius 2 is 1.86 bits per heavy atom. The van der Waals surface area contributed by atoms with E-state index in [9.17, 15) is 19.5 Å². The summed E-state index contributed by atoms with van der Waals surface area (Å²) in [6.45, 7) is 7.64. The van der Waals surface area contributed by atoms with Crippen molar-refractivity contribution in [3.05, 3.63) is 23.8 Å². The van der Waals surface area contributed by atoms with Gasteiger partial charge < -0.3 is 25.2 Å². The van der Waals surface area contributed by atoms with Crippen LogP contribution in [0.2, 0.25) is 0 Å². The van der Waals surface area contributed by atoms with Gasteiger partial charge in [0.2, 0.25) is 5.91 Å². The SMILES string of the molecule is COC(=O)CCC(=O)c1cc(NC(C)=O)ccc1OCC(O)CNC(C)(C)C. The van der Waals surface area contributed by atoms with Gasteiger partial charge in [-0.25, -0.2) is 0 Å². The van der Waals surface area contributed by atoms with Crippen molar-refractivity contribution in [1.29, 1.82) is 0 Å². The molecule has 0 aromatic heterocycles. The summed E-state index contributed by atoms with van der Waals surface area (Å²) in [7, 11) is 1.26. The van der Waals surface area contributed by atoms with E-state index in [4.69, 9.17) is 4.74 Å². The highest BCUT2D eigenvalue weighted by atomic mass is 16.5. The molecule has 8 nitrogen and oxygen atoms in total. The van der Waals surface area contributed by atoms with Crippen molar-refractivity contribution < 1.29 is 29.0 Å². The number of hydrogen-bond donors (Lipinski definition) is 3. The number of ether oxygens (including phenoxy) is 2. The predicted molar refractivity (Wildman–Crippen MR) is 106 cm³/mol. The van der Waals surface area contributed by atoms with E-state index in [1.54, 1.807) is 12.1 Å². The Labute approximate surface area is 165 Å². The Hall–Kier alpha value is -2.45. The van der Waals surface area contributed by atoms with Gasteiger partial charge in [-0.05, 0) is 39.0 Å². The Morgan fingerprint density at radius 3 is 2.43 bits per heavy atom. The fourth-order valence-corrected chi connectivity index (χ4v) is 2.28.